The number of aliphatic hydroxyl groups excluding tert-OH is 1. The Labute approximate surface area is 226 Å². The number of ether oxygens (including phenoxy) is 3. The van der Waals surface area contributed by atoms with Crippen LogP contribution in [0.4, 0.5) is 5.69 Å². The first-order valence-corrected chi connectivity index (χ1v) is 13.4. The number of hydrogen-bond donors (Lipinski definition) is 2. The fraction of sp³-hybridized carbons (Fsp3) is 0.345. The Hall–Kier alpha value is -3.24. The third-order valence-corrected chi connectivity index (χ3v) is 7.35. The third kappa shape index (κ3) is 7.20. The molecule has 0 saturated carbocycles. The number of thioether (sulfide) groups is 1. The molecule has 8 nitrogen and oxygen atoms in total. The number of carbonyl (C=O) groups is 2. The molecule has 0 radical (unpaired) electrons. The van der Waals surface area contributed by atoms with Gasteiger partial charge in [0.1, 0.15) is 0 Å². The van der Waals surface area contributed by atoms with E-state index in [0.717, 1.165) is 21.7 Å². The highest BCUT2D eigenvalue weighted by Crippen LogP contribution is 2.43. The quantitative estimate of drug-likeness (QED) is 0.289. The molecular formula is C29H32N2O6S. The number of carbonyl (C=O) groups excluding carboxylic acids is 2. The van der Waals surface area contributed by atoms with E-state index >= 15 is 0 Å². The van der Waals surface area contributed by atoms with Crippen molar-refractivity contribution in [1.82, 2.24) is 4.98 Å². The van der Waals surface area contributed by atoms with Crippen LogP contribution < -0.4 is 5.32 Å². The number of rotatable bonds is 9. The Balaban J connectivity index is 1.51. The molecule has 0 spiro atoms. The van der Waals surface area contributed by atoms with Crippen molar-refractivity contribution in [2.45, 2.75) is 57.0 Å². The Morgan fingerprint density at radius 1 is 1.05 bits per heavy atom. The van der Waals surface area contributed by atoms with E-state index in [4.69, 9.17) is 14.2 Å². The Morgan fingerprint density at radius 2 is 1.76 bits per heavy atom. The SMILES string of the molecule is CC(=O)O[C@@H](C)C(=O)Nc1ccc([C@H]2O[C@@H](CSc3ccccn3)[C@@H](C)[C@@H](c3ccc(CO)cc3)O2)cc1. The van der Waals surface area contributed by atoms with Gasteiger partial charge in [-0.25, -0.2) is 4.98 Å². The minimum Gasteiger partial charge on any atom is -0.453 e. The number of nitrogens with zero attached hydrogens (tertiary/aromatic N) is 1. The molecule has 38 heavy (non-hydrogen) atoms. The number of pyridine rings is 1. The topological polar surface area (TPSA) is 107 Å². The van der Waals surface area contributed by atoms with Crippen LogP contribution in [0.15, 0.2) is 78.0 Å². The molecule has 2 N–H and O–H groups in total. The van der Waals surface area contributed by atoms with Gasteiger partial charge in [0.25, 0.3) is 5.91 Å². The summed E-state index contributed by atoms with van der Waals surface area (Å²) in [7, 11) is 0. The van der Waals surface area contributed by atoms with E-state index in [1.165, 1.54) is 13.8 Å². The van der Waals surface area contributed by atoms with Crippen molar-refractivity contribution in [2.75, 3.05) is 11.1 Å². The number of nitrogens with one attached hydrogen (secondary N) is 1. The minimum atomic E-state index is -0.894. The van der Waals surface area contributed by atoms with Gasteiger partial charge in [0.2, 0.25) is 0 Å². The highest BCUT2D eigenvalue weighted by atomic mass is 32.2. The van der Waals surface area contributed by atoms with E-state index in [2.05, 4.69) is 17.2 Å². The molecule has 1 aromatic heterocycles. The number of esters is 1. The van der Waals surface area contributed by atoms with Gasteiger partial charge in [0, 0.05) is 36.0 Å². The normalized spacial score (nSPS) is 21.9. The highest BCUT2D eigenvalue weighted by Gasteiger charge is 2.38. The van der Waals surface area contributed by atoms with Gasteiger partial charge in [-0.1, -0.05) is 49.4 Å². The van der Waals surface area contributed by atoms with Gasteiger partial charge >= 0.3 is 5.97 Å². The summed E-state index contributed by atoms with van der Waals surface area (Å²) in [5.74, 6) is -0.167. The smallest absolute Gasteiger partial charge is 0.303 e. The molecule has 9 heteroatoms. The maximum Gasteiger partial charge on any atom is 0.303 e. The number of hydrogen-bond acceptors (Lipinski definition) is 8. The number of anilines is 1. The molecule has 4 rings (SSSR count). The molecule has 1 aliphatic heterocycles. The lowest BCUT2D eigenvalue weighted by atomic mass is 9.91. The molecule has 200 valence electrons. The van der Waals surface area contributed by atoms with Gasteiger partial charge in [0.15, 0.2) is 12.4 Å². The second-order valence-corrected chi connectivity index (χ2v) is 10.2. The summed E-state index contributed by atoms with van der Waals surface area (Å²) in [5.41, 5.74) is 3.24. The zero-order chi connectivity index (χ0) is 27.1. The highest BCUT2D eigenvalue weighted by molar-refractivity contribution is 7.99. The lowest BCUT2D eigenvalue weighted by molar-refractivity contribution is -0.268. The van der Waals surface area contributed by atoms with E-state index in [1.54, 1.807) is 30.1 Å². The molecule has 5 atom stereocenters. The van der Waals surface area contributed by atoms with Crippen LogP contribution >= 0.6 is 11.8 Å². The minimum absolute atomic E-state index is 0.0149. The van der Waals surface area contributed by atoms with Crippen molar-refractivity contribution < 1.29 is 28.9 Å². The molecular weight excluding hydrogens is 504 g/mol. The van der Waals surface area contributed by atoms with Crippen molar-refractivity contribution in [1.29, 1.82) is 0 Å². The number of benzene rings is 2. The van der Waals surface area contributed by atoms with Crippen molar-refractivity contribution in [3.8, 4) is 0 Å². The predicted molar refractivity (Wildman–Crippen MR) is 144 cm³/mol. The molecule has 1 amide bonds. The first-order chi connectivity index (χ1) is 18.3. The molecule has 1 saturated heterocycles. The van der Waals surface area contributed by atoms with Crippen LogP contribution in [0.3, 0.4) is 0 Å². The standard InChI is InChI=1S/C29H32N2O6S/c1-18-25(17-38-26-6-4-5-15-30-26)36-29(37-27(18)22-9-7-21(16-32)8-10-22)23-11-13-24(14-12-23)31-28(34)19(2)35-20(3)33/h4-15,18-19,25,27,29,32H,16-17H2,1-3H3,(H,31,34)/t18-,19+,25+,27+,29+/m1/s1. The van der Waals surface area contributed by atoms with Crippen LogP contribution in [-0.2, 0) is 30.4 Å². The van der Waals surface area contributed by atoms with Gasteiger partial charge in [-0.3, -0.25) is 9.59 Å². The number of aromatic nitrogens is 1. The van der Waals surface area contributed by atoms with Crippen LogP contribution in [0.25, 0.3) is 0 Å². The fourth-order valence-electron chi connectivity index (χ4n) is 4.18. The summed E-state index contributed by atoms with van der Waals surface area (Å²) in [4.78, 5) is 27.8. The average molecular weight is 537 g/mol. The van der Waals surface area contributed by atoms with Crippen LogP contribution in [0.1, 0.15) is 49.9 Å². The van der Waals surface area contributed by atoms with Gasteiger partial charge in [-0.2, -0.15) is 0 Å². The molecule has 1 fully saturated rings. The number of aliphatic hydroxyl groups is 1. The molecule has 2 heterocycles. The first kappa shape index (κ1) is 27.8. The molecule has 0 unspecified atom stereocenters. The van der Waals surface area contributed by atoms with Gasteiger partial charge in [-0.05, 0) is 42.3 Å². The predicted octanol–water partition coefficient (Wildman–Crippen LogP) is 5.05. The molecule has 0 bridgehead atoms. The van der Waals surface area contributed by atoms with Gasteiger partial charge < -0.3 is 24.6 Å². The molecule has 1 aliphatic rings. The summed E-state index contributed by atoms with van der Waals surface area (Å²) in [6.45, 7) is 4.89. The van der Waals surface area contributed by atoms with Crippen molar-refractivity contribution in [2.24, 2.45) is 5.92 Å². The van der Waals surface area contributed by atoms with Crippen LogP contribution in [-0.4, -0.2) is 39.9 Å². The summed E-state index contributed by atoms with van der Waals surface area (Å²) in [6, 6.07) is 20.8. The van der Waals surface area contributed by atoms with E-state index in [1.807, 2.05) is 54.6 Å². The Morgan fingerprint density at radius 3 is 2.39 bits per heavy atom. The lowest BCUT2D eigenvalue weighted by Gasteiger charge is -2.41. The zero-order valence-corrected chi connectivity index (χ0v) is 22.4. The third-order valence-electron chi connectivity index (χ3n) is 6.32. The Kier molecular flexibility index (Phi) is 9.52. The van der Waals surface area contributed by atoms with Gasteiger partial charge in [0.05, 0.1) is 23.8 Å². The summed E-state index contributed by atoms with van der Waals surface area (Å²) >= 11 is 1.64. The van der Waals surface area contributed by atoms with E-state index < -0.39 is 24.3 Å². The van der Waals surface area contributed by atoms with Crippen molar-refractivity contribution in [3.05, 3.63) is 89.6 Å². The average Bonchev–Trinajstić information content (AvgIpc) is 2.93. The van der Waals surface area contributed by atoms with E-state index in [9.17, 15) is 14.7 Å². The molecule has 0 aliphatic carbocycles. The molecule has 3 aromatic rings. The number of amides is 1. The largest absolute Gasteiger partial charge is 0.453 e. The van der Waals surface area contributed by atoms with Crippen molar-refractivity contribution in [3.63, 3.8) is 0 Å². The van der Waals surface area contributed by atoms with E-state index in [0.29, 0.717) is 11.4 Å². The second kappa shape index (κ2) is 13.0. The van der Waals surface area contributed by atoms with Crippen LogP contribution in [0, 0.1) is 5.92 Å². The maximum absolute atomic E-state index is 12.3. The fourth-order valence-corrected chi connectivity index (χ4v) is 5.21. The lowest BCUT2D eigenvalue weighted by Crippen LogP contribution is -2.38. The monoisotopic (exact) mass is 536 g/mol. The summed E-state index contributed by atoms with van der Waals surface area (Å²) in [6.07, 6.45) is -0.0769. The van der Waals surface area contributed by atoms with Gasteiger partial charge in [-0.15, -0.1) is 11.8 Å². The second-order valence-electron chi connectivity index (χ2n) is 9.16. The summed E-state index contributed by atoms with van der Waals surface area (Å²) in [5, 5.41) is 13.1. The first-order valence-electron chi connectivity index (χ1n) is 12.5. The zero-order valence-electron chi connectivity index (χ0n) is 21.6. The van der Waals surface area contributed by atoms with Crippen molar-refractivity contribution >= 4 is 29.3 Å². The van der Waals surface area contributed by atoms with Crippen LogP contribution in [0.5, 0.6) is 0 Å². The van der Waals surface area contributed by atoms with E-state index in [-0.39, 0.29) is 24.7 Å². The maximum atomic E-state index is 12.3. The van der Waals surface area contributed by atoms with Crippen LogP contribution in [0.2, 0.25) is 0 Å². The summed E-state index contributed by atoms with van der Waals surface area (Å²) < 4.78 is 17.9. The molecule has 2 aromatic carbocycles. The Bertz CT molecular complexity index is 1210.